The molecule has 7 heteroatoms. The van der Waals surface area contributed by atoms with Crippen LogP contribution >= 0.6 is 0 Å². The smallest absolute Gasteiger partial charge is 0.279 e. The lowest BCUT2D eigenvalue weighted by Gasteiger charge is -2.31. The van der Waals surface area contributed by atoms with Crippen molar-refractivity contribution in [2.24, 2.45) is 5.92 Å². The van der Waals surface area contributed by atoms with Crippen LogP contribution in [0.5, 0.6) is 11.5 Å². The minimum absolute atomic E-state index is 0.235. The van der Waals surface area contributed by atoms with Crippen LogP contribution in [0, 0.1) is 5.92 Å². The maximum Gasteiger partial charge on any atom is 0.279 e. The van der Waals surface area contributed by atoms with Gasteiger partial charge in [-0.25, -0.2) is 4.72 Å². The van der Waals surface area contributed by atoms with Crippen LogP contribution in [0.1, 0.15) is 39.2 Å². The van der Waals surface area contributed by atoms with E-state index in [1.807, 2.05) is 32.0 Å². The molecule has 1 fully saturated rings. The lowest BCUT2D eigenvalue weighted by molar-refractivity contribution is 0.174. The second kappa shape index (κ2) is 6.54. The molecule has 134 valence electrons. The fourth-order valence-corrected chi connectivity index (χ4v) is 4.43. The van der Waals surface area contributed by atoms with Crippen LogP contribution < -0.4 is 14.2 Å². The molecule has 0 atom stereocenters. The van der Waals surface area contributed by atoms with E-state index in [0.29, 0.717) is 31.3 Å². The Bertz CT molecular complexity index is 695. The van der Waals surface area contributed by atoms with Gasteiger partial charge in [-0.3, -0.25) is 0 Å². The molecular formula is C17H26N2O4S. The number of hydrogen-bond donors (Lipinski definition) is 1. The van der Waals surface area contributed by atoms with E-state index in [2.05, 4.69) is 11.6 Å². The predicted octanol–water partition coefficient (Wildman–Crippen LogP) is 2.26. The maximum atomic E-state index is 12.5. The molecule has 0 bridgehead atoms. The highest BCUT2D eigenvalue weighted by Gasteiger charge is 2.30. The summed E-state index contributed by atoms with van der Waals surface area (Å²) in [7, 11) is -3.43. The van der Waals surface area contributed by atoms with Gasteiger partial charge in [0.05, 0.1) is 0 Å². The number of nitrogens with one attached hydrogen (secondary N) is 1. The average molecular weight is 354 g/mol. The van der Waals surface area contributed by atoms with Crippen molar-refractivity contribution in [3.8, 4) is 11.5 Å². The van der Waals surface area contributed by atoms with Gasteiger partial charge < -0.3 is 9.47 Å². The van der Waals surface area contributed by atoms with Crippen molar-refractivity contribution in [3.05, 3.63) is 23.8 Å². The van der Waals surface area contributed by atoms with Gasteiger partial charge in [0.1, 0.15) is 0 Å². The van der Waals surface area contributed by atoms with Gasteiger partial charge in [-0.2, -0.15) is 12.7 Å². The summed E-state index contributed by atoms with van der Waals surface area (Å²) in [6, 6.07) is 5.77. The molecule has 2 aliphatic rings. The highest BCUT2D eigenvalue weighted by Crippen LogP contribution is 2.36. The van der Waals surface area contributed by atoms with E-state index in [9.17, 15) is 8.42 Å². The van der Waals surface area contributed by atoms with Crippen LogP contribution in [0.3, 0.4) is 0 Å². The predicted molar refractivity (Wildman–Crippen MR) is 92.5 cm³/mol. The Balaban J connectivity index is 1.66. The van der Waals surface area contributed by atoms with Crippen LogP contribution in [0.2, 0.25) is 0 Å². The second-order valence-corrected chi connectivity index (χ2v) is 9.11. The van der Waals surface area contributed by atoms with Gasteiger partial charge in [-0.05, 0) is 36.5 Å². The van der Waals surface area contributed by atoms with E-state index in [1.54, 1.807) is 4.31 Å². The first-order valence-electron chi connectivity index (χ1n) is 8.43. The first-order valence-corrected chi connectivity index (χ1v) is 9.87. The van der Waals surface area contributed by atoms with Crippen molar-refractivity contribution < 1.29 is 17.9 Å². The first kappa shape index (κ1) is 17.5. The van der Waals surface area contributed by atoms with Gasteiger partial charge in [0.2, 0.25) is 6.79 Å². The fourth-order valence-electron chi connectivity index (χ4n) is 3.01. The Morgan fingerprint density at radius 2 is 1.88 bits per heavy atom. The summed E-state index contributed by atoms with van der Waals surface area (Å²) < 4.78 is 40.1. The molecule has 6 nitrogen and oxygen atoms in total. The van der Waals surface area contributed by atoms with E-state index < -0.39 is 10.2 Å². The van der Waals surface area contributed by atoms with Crippen LogP contribution in [0.25, 0.3) is 0 Å². The summed E-state index contributed by atoms with van der Waals surface area (Å²) in [6.45, 7) is 7.97. The monoisotopic (exact) mass is 354 g/mol. The fraction of sp³-hybridized carbons (Fsp3) is 0.647. The normalized spacial score (nSPS) is 19.6. The summed E-state index contributed by atoms with van der Waals surface area (Å²) in [6.07, 6.45) is 1.85. The molecule has 1 aromatic rings. The largest absolute Gasteiger partial charge is 0.454 e. The third kappa shape index (κ3) is 3.68. The molecule has 0 saturated carbocycles. The summed E-state index contributed by atoms with van der Waals surface area (Å²) in [5.41, 5.74) is 0.665. The summed E-state index contributed by atoms with van der Waals surface area (Å²) in [5, 5.41) is 0. The lowest BCUT2D eigenvalue weighted by Crippen LogP contribution is -2.47. The molecule has 0 aromatic heterocycles. The molecule has 1 saturated heterocycles. The Morgan fingerprint density at radius 1 is 1.21 bits per heavy atom. The molecule has 2 heterocycles. The number of ether oxygens (including phenoxy) is 2. The Labute approximate surface area is 144 Å². The zero-order valence-electron chi connectivity index (χ0n) is 14.5. The van der Waals surface area contributed by atoms with Crippen molar-refractivity contribution in [1.82, 2.24) is 9.03 Å². The number of hydrogen-bond acceptors (Lipinski definition) is 4. The molecule has 0 radical (unpaired) electrons. The maximum absolute atomic E-state index is 12.5. The second-order valence-electron chi connectivity index (χ2n) is 7.36. The Morgan fingerprint density at radius 3 is 2.58 bits per heavy atom. The van der Waals surface area contributed by atoms with Crippen LogP contribution in [-0.2, 0) is 15.6 Å². The van der Waals surface area contributed by atoms with Crippen molar-refractivity contribution in [1.29, 1.82) is 0 Å². The van der Waals surface area contributed by atoms with E-state index in [4.69, 9.17) is 9.47 Å². The molecule has 3 rings (SSSR count). The van der Waals surface area contributed by atoms with E-state index >= 15 is 0 Å². The highest BCUT2D eigenvalue weighted by molar-refractivity contribution is 7.87. The Kier molecular flexibility index (Phi) is 4.77. The summed E-state index contributed by atoms with van der Waals surface area (Å²) >= 11 is 0. The number of fused-ring (bicyclic) bond motifs is 1. The number of benzene rings is 1. The molecule has 1 aromatic carbocycles. The number of rotatable bonds is 5. The topological polar surface area (TPSA) is 67.9 Å². The van der Waals surface area contributed by atoms with Gasteiger partial charge in [-0.1, -0.05) is 26.8 Å². The third-order valence-electron chi connectivity index (χ3n) is 4.93. The molecule has 0 amide bonds. The number of nitrogens with zero attached hydrogens (tertiary/aromatic N) is 1. The van der Waals surface area contributed by atoms with E-state index in [0.717, 1.165) is 24.2 Å². The van der Waals surface area contributed by atoms with E-state index in [-0.39, 0.29) is 12.2 Å². The quantitative estimate of drug-likeness (QED) is 0.881. The zero-order valence-corrected chi connectivity index (χ0v) is 15.4. The molecule has 0 spiro atoms. The third-order valence-corrected chi connectivity index (χ3v) is 6.49. The molecule has 1 N–H and O–H groups in total. The SMILES string of the molecule is CC1CCN(S(=O)(=O)NCC(C)(C)c2ccc3c(c2)OCO3)CC1. The van der Waals surface area contributed by atoms with Crippen molar-refractivity contribution in [2.75, 3.05) is 26.4 Å². The average Bonchev–Trinajstić information content (AvgIpc) is 3.01. The van der Waals surface area contributed by atoms with Crippen LogP contribution in [0.15, 0.2) is 18.2 Å². The minimum Gasteiger partial charge on any atom is -0.454 e. The van der Waals surface area contributed by atoms with Gasteiger partial charge in [0.15, 0.2) is 11.5 Å². The molecular weight excluding hydrogens is 328 g/mol. The lowest BCUT2D eigenvalue weighted by atomic mass is 9.85. The zero-order chi connectivity index (χ0) is 17.4. The van der Waals surface area contributed by atoms with Crippen LogP contribution in [0.4, 0.5) is 0 Å². The van der Waals surface area contributed by atoms with Gasteiger partial charge in [0, 0.05) is 25.0 Å². The van der Waals surface area contributed by atoms with Gasteiger partial charge >= 0.3 is 0 Å². The summed E-state index contributed by atoms with van der Waals surface area (Å²) in [4.78, 5) is 0. The molecule has 0 aliphatic carbocycles. The van der Waals surface area contributed by atoms with Crippen molar-refractivity contribution in [3.63, 3.8) is 0 Å². The highest BCUT2D eigenvalue weighted by atomic mass is 32.2. The van der Waals surface area contributed by atoms with Crippen LogP contribution in [-0.4, -0.2) is 39.2 Å². The first-order chi connectivity index (χ1) is 11.3. The van der Waals surface area contributed by atoms with Gasteiger partial charge in [-0.15, -0.1) is 0 Å². The van der Waals surface area contributed by atoms with E-state index in [1.165, 1.54) is 0 Å². The Hall–Kier alpha value is -1.31. The molecule has 0 unspecified atom stereocenters. The van der Waals surface area contributed by atoms with Gasteiger partial charge in [0.25, 0.3) is 10.2 Å². The molecule has 2 aliphatic heterocycles. The summed E-state index contributed by atoms with van der Waals surface area (Å²) in [5.74, 6) is 2.05. The minimum atomic E-state index is -3.43. The number of piperidine rings is 1. The van der Waals surface area contributed by atoms with Crippen molar-refractivity contribution in [2.45, 2.75) is 39.0 Å². The van der Waals surface area contributed by atoms with Crippen molar-refractivity contribution >= 4 is 10.2 Å². The standard InChI is InChI=1S/C17H26N2O4S/c1-13-6-8-19(9-7-13)24(20,21)18-11-17(2,3)14-4-5-15-16(10-14)23-12-22-15/h4-5,10,13,18H,6-9,11-12H2,1-3H3. The molecule has 24 heavy (non-hydrogen) atoms.